The molecule has 0 radical (unpaired) electrons. The van der Waals surface area contributed by atoms with E-state index in [2.05, 4.69) is 22.9 Å². The van der Waals surface area contributed by atoms with E-state index in [4.69, 9.17) is 9.47 Å². The van der Waals surface area contributed by atoms with Crippen molar-refractivity contribution >= 4 is 28.0 Å². The van der Waals surface area contributed by atoms with Gasteiger partial charge >= 0.3 is 5.97 Å². The lowest BCUT2D eigenvalue weighted by molar-refractivity contribution is -0.128. The average molecular weight is 375 g/mol. The lowest BCUT2D eigenvalue weighted by Gasteiger charge is -2.08. The van der Waals surface area contributed by atoms with Crippen molar-refractivity contribution in [2.75, 3.05) is 6.61 Å². The molecule has 0 fully saturated rings. The van der Waals surface area contributed by atoms with Crippen LogP contribution in [0.2, 0.25) is 0 Å². The maximum Gasteiger partial charge on any atom is 0.336 e. The second-order valence-electron chi connectivity index (χ2n) is 5.07. The third-order valence-corrected chi connectivity index (χ3v) is 3.70. The molecule has 0 aliphatic rings. The number of halogens is 1. The van der Waals surface area contributed by atoms with Crippen LogP contribution in [0.15, 0.2) is 53.0 Å². The maximum absolute atomic E-state index is 12.0. The van der Waals surface area contributed by atoms with Crippen LogP contribution in [-0.2, 0) is 4.79 Å². The van der Waals surface area contributed by atoms with Gasteiger partial charge in [-0.05, 0) is 59.1 Å². The first-order valence-electron chi connectivity index (χ1n) is 7.48. The Morgan fingerprint density at radius 1 is 1.17 bits per heavy atom. The molecule has 0 spiro atoms. The number of hydrogen-bond acceptors (Lipinski definition) is 3. The van der Waals surface area contributed by atoms with Crippen molar-refractivity contribution in [3.63, 3.8) is 0 Å². The van der Waals surface area contributed by atoms with Gasteiger partial charge in [0, 0.05) is 11.6 Å². The third-order valence-electron chi connectivity index (χ3n) is 3.08. The molecule has 3 nitrogen and oxygen atoms in total. The predicted molar refractivity (Wildman–Crippen MR) is 95.8 cm³/mol. The Morgan fingerprint density at radius 3 is 2.70 bits per heavy atom. The Morgan fingerprint density at radius 2 is 1.96 bits per heavy atom. The standard InChI is InChI=1S/C19H19BrO3/c1-3-12-22-17-7-5-4-6-15(17)9-11-19(21)23-18-10-8-14(2)13-16(18)20/h4-11,13H,3,12H2,1-2H3/b11-9+. The molecule has 0 saturated heterocycles. The summed E-state index contributed by atoms with van der Waals surface area (Å²) >= 11 is 3.39. The zero-order chi connectivity index (χ0) is 16.7. The van der Waals surface area contributed by atoms with E-state index in [1.54, 1.807) is 12.1 Å². The van der Waals surface area contributed by atoms with E-state index in [0.29, 0.717) is 12.4 Å². The molecule has 120 valence electrons. The molecule has 0 aliphatic carbocycles. The van der Waals surface area contributed by atoms with Gasteiger partial charge in [-0.2, -0.15) is 0 Å². The highest BCUT2D eigenvalue weighted by atomic mass is 79.9. The van der Waals surface area contributed by atoms with Gasteiger partial charge in [0.1, 0.15) is 11.5 Å². The van der Waals surface area contributed by atoms with E-state index in [-0.39, 0.29) is 0 Å². The first kappa shape index (κ1) is 17.3. The molecule has 23 heavy (non-hydrogen) atoms. The van der Waals surface area contributed by atoms with Gasteiger partial charge < -0.3 is 9.47 Å². The van der Waals surface area contributed by atoms with Gasteiger partial charge in [0.2, 0.25) is 0 Å². The highest BCUT2D eigenvalue weighted by Gasteiger charge is 2.06. The van der Waals surface area contributed by atoms with Gasteiger partial charge in [-0.15, -0.1) is 0 Å². The number of ether oxygens (including phenoxy) is 2. The molecule has 0 amide bonds. The highest BCUT2D eigenvalue weighted by Crippen LogP contribution is 2.26. The molecular weight excluding hydrogens is 356 g/mol. The van der Waals surface area contributed by atoms with Crippen molar-refractivity contribution in [3.8, 4) is 11.5 Å². The minimum absolute atomic E-state index is 0.431. The largest absolute Gasteiger partial charge is 0.493 e. The number of esters is 1. The molecule has 0 heterocycles. The molecule has 0 N–H and O–H groups in total. The fraction of sp³-hybridized carbons (Fsp3) is 0.211. The second-order valence-corrected chi connectivity index (χ2v) is 5.93. The van der Waals surface area contributed by atoms with E-state index >= 15 is 0 Å². The minimum Gasteiger partial charge on any atom is -0.493 e. The summed E-state index contributed by atoms with van der Waals surface area (Å²) in [6.45, 7) is 4.67. The van der Waals surface area contributed by atoms with Crippen LogP contribution in [0.1, 0.15) is 24.5 Å². The van der Waals surface area contributed by atoms with Crippen LogP contribution in [0.5, 0.6) is 11.5 Å². The summed E-state index contributed by atoms with van der Waals surface area (Å²) in [6.07, 6.45) is 4.04. The second kappa shape index (κ2) is 8.53. The summed E-state index contributed by atoms with van der Waals surface area (Å²) in [4.78, 5) is 12.0. The number of carbonyl (C=O) groups is 1. The molecule has 0 atom stereocenters. The fourth-order valence-electron chi connectivity index (χ4n) is 1.95. The maximum atomic E-state index is 12.0. The van der Waals surface area contributed by atoms with Gasteiger partial charge in [0.25, 0.3) is 0 Å². The normalized spacial score (nSPS) is 10.7. The molecule has 2 aromatic carbocycles. The van der Waals surface area contributed by atoms with Crippen molar-refractivity contribution < 1.29 is 14.3 Å². The smallest absolute Gasteiger partial charge is 0.336 e. The Labute approximate surface area is 145 Å². The molecule has 0 unspecified atom stereocenters. The number of benzene rings is 2. The van der Waals surface area contributed by atoms with Crippen molar-refractivity contribution in [1.82, 2.24) is 0 Å². The number of para-hydroxylation sites is 1. The molecule has 0 bridgehead atoms. The minimum atomic E-state index is -0.431. The molecule has 0 aromatic heterocycles. The Kier molecular flexibility index (Phi) is 6.41. The molecule has 0 saturated carbocycles. The average Bonchev–Trinajstić information content (AvgIpc) is 2.54. The number of aryl methyl sites for hydroxylation is 1. The van der Waals surface area contributed by atoms with Crippen LogP contribution in [0, 0.1) is 6.92 Å². The summed E-state index contributed by atoms with van der Waals surface area (Å²) in [5.41, 5.74) is 1.94. The fourth-order valence-corrected chi connectivity index (χ4v) is 2.52. The summed E-state index contributed by atoms with van der Waals surface area (Å²) in [7, 11) is 0. The third kappa shape index (κ3) is 5.25. The summed E-state index contributed by atoms with van der Waals surface area (Å²) in [6, 6.07) is 13.2. The van der Waals surface area contributed by atoms with Crippen LogP contribution in [0.4, 0.5) is 0 Å². The van der Waals surface area contributed by atoms with Crippen molar-refractivity contribution in [2.45, 2.75) is 20.3 Å². The highest BCUT2D eigenvalue weighted by molar-refractivity contribution is 9.10. The van der Waals surface area contributed by atoms with E-state index in [1.165, 1.54) is 6.08 Å². The molecule has 2 rings (SSSR count). The van der Waals surface area contributed by atoms with E-state index in [1.807, 2.05) is 43.3 Å². The summed E-state index contributed by atoms with van der Waals surface area (Å²) < 4.78 is 11.7. The molecule has 0 aliphatic heterocycles. The monoisotopic (exact) mass is 374 g/mol. The topological polar surface area (TPSA) is 35.5 Å². The van der Waals surface area contributed by atoms with Crippen molar-refractivity contribution in [2.24, 2.45) is 0 Å². The first-order chi connectivity index (χ1) is 11.1. The van der Waals surface area contributed by atoms with Crippen molar-refractivity contribution in [3.05, 3.63) is 64.1 Å². The molecule has 4 heteroatoms. The van der Waals surface area contributed by atoms with E-state index in [0.717, 1.165) is 27.8 Å². The van der Waals surface area contributed by atoms with Crippen molar-refractivity contribution in [1.29, 1.82) is 0 Å². The quantitative estimate of drug-likeness (QED) is 0.397. The number of carbonyl (C=O) groups excluding carboxylic acids is 1. The SMILES string of the molecule is CCCOc1ccccc1/C=C/C(=O)Oc1ccc(C)cc1Br. The number of hydrogen-bond donors (Lipinski definition) is 0. The van der Waals surface area contributed by atoms with Crippen LogP contribution >= 0.6 is 15.9 Å². The Hall–Kier alpha value is -2.07. The van der Waals surface area contributed by atoms with Gasteiger partial charge in [0.05, 0.1) is 11.1 Å². The van der Waals surface area contributed by atoms with Gasteiger partial charge in [-0.25, -0.2) is 4.79 Å². The van der Waals surface area contributed by atoms with Crippen LogP contribution in [0.3, 0.4) is 0 Å². The zero-order valence-corrected chi connectivity index (χ0v) is 14.8. The lowest BCUT2D eigenvalue weighted by atomic mass is 10.2. The zero-order valence-electron chi connectivity index (χ0n) is 13.2. The van der Waals surface area contributed by atoms with Crippen LogP contribution < -0.4 is 9.47 Å². The summed E-state index contributed by atoms with van der Waals surface area (Å²) in [5.74, 6) is 0.829. The predicted octanol–water partition coefficient (Wildman–Crippen LogP) is 5.17. The lowest BCUT2D eigenvalue weighted by Crippen LogP contribution is -2.04. The van der Waals surface area contributed by atoms with E-state index < -0.39 is 5.97 Å². The Balaban J connectivity index is 2.06. The van der Waals surface area contributed by atoms with E-state index in [9.17, 15) is 4.79 Å². The van der Waals surface area contributed by atoms with Gasteiger partial charge in [-0.3, -0.25) is 0 Å². The summed E-state index contributed by atoms with van der Waals surface area (Å²) in [5, 5.41) is 0. The van der Waals surface area contributed by atoms with Gasteiger partial charge in [-0.1, -0.05) is 31.2 Å². The van der Waals surface area contributed by atoms with Crippen LogP contribution in [-0.4, -0.2) is 12.6 Å². The number of rotatable bonds is 6. The van der Waals surface area contributed by atoms with Gasteiger partial charge in [0.15, 0.2) is 0 Å². The molecular formula is C19H19BrO3. The molecule has 2 aromatic rings. The first-order valence-corrected chi connectivity index (χ1v) is 8.27. The Bertz CT molecular complexity index is 708. The van der Waals surface area contributed by atoms with Crippen LogP contribution in [0.25, 0.3) is 6.08 Å².